The second-order valence-electron chi connectivity index (χ2n) is 4.14. The molecule has 0 aliphatic carbocycles. The summed E-state index contributed by atoms with van der Waals surface area (Å²) in [5, 5.41) is 18.7. The summed E-state index contributed by atoms with van der Waals surface area (Å²) in [5.41, 5.74) is 2.48. The number of carboxylic acid groups (broad SMARTS) is 1. The van der Waals surface area contributed by atoms with Gasteiger partial charge in [-0.15, -0.1) is 13.2 Å². The van der Waals surface area contributed by atoms with Gasteiger partial charge in [-0.3, -0.25) is 4.79 Å². The number of carboxylic acids is 1. The smallest absolute Gasteiger partial charge is 0.303 e. The molecule has 0 spiro atoms. The third kappa shape index (κ3) is 3.77. The van der Waals surface area contributed by atoms with Crippen LogP contribution < -0.4 is 0 Å². The van der Waals surface area contributed by atoms with Gasteiger partial charge in [0, 0.05) is 6.42 Å². The zero-order valence-corrected chi connectivity index (χ0v) is 10.4. The number of phenols is 1. The van der Waals surface area contributed by atoms with Crippen molar-refractivity contribution in [2.75, 3.05) is 0 Å². The fourth-order valence-electron chi connectivity index (χ4n) is 1.85. The fraction of sp³-hybridized carbons (Fsp3) is 0.267. The van der Waals surface area contributed by atoms with Crippen LogP contribution in [0.2, 0.25) is 0 Å². The van der Waals surface area contributed by atoms with Gasteiger partial charge in [-0.1, -0.05) is 24.3 Å². The van der Waals surface area contributed by atoms with E-state index in [4.69, 9.17) is 5.11 Å². The molecular formula is C15H18O3. The molecule has 1 rings (SSSR count). The van der Waals surface area contributed by atoms with E-state index in [1.807, 2.05) is 12.1 Å². The van der Waals surface area contributed by atoms with Gasteiger partial charge in [-0.2, -0.15) is 0 Å². The summed E-state index contributed by atoms with van der Waals surface area (Å²) in [5.74, 6) is -0.563. The average molecular weight is 246 g/mol. The Morgan fingerprint density at radius 3 is 2.06 bits per heavy atom. The minimum Gasteiger partial charge on any atom is -0.507 e. The summed E-state index contributed by atoms with van der Waals surface area (Å²) in [6, 6.07) is 3.68. The zero-order chi connectivity index (χ0) is 13.5. The predicted molar refractivity (Wildman–Crippen MR) is 71.9 cm³/mol. The third-order valence-corrected chi connectivity index (χ3v) is 2.68. The predicted octanol–water partition coefficient (Wildman–Crippen LogP) is 2.87. The van der Waals surface area contributed by atoms with Crippen LogP contribution in [-0.2, 0) is 24.1 Å². The maximum Gasteiger partial charge on any atom is 0.303 e. The van der Waals surface area contributed by atoms with E-state index in [9.17, 15) is 9.90 Å². The highest BCUT2D eigenvalue weighted by molar-refractivity contribution is 5.67. The Morgan fingerprint density at radius 1 is 1.17 bits per heavy atom. The molecule has 2 N–H and O–H groups in total. The van der Waals surface area contributed by atoms with Crippen LogP contribution >= 0.6 is 0 Å². The highest BCUT2D eigenvalue weighted by Gasteiger charge is 2.09. The first kappa shape index (κ1) is 14.0. The zero-order valence-electron chi connectivity index (χ0n) is 10.4. The molecule has 18 heavy (non-hydrogen) atoms. The van der Waals surface area contributed by atoms with Gasteiger partial charge in [-0.05, 0) is 36.0 Å². The molecule has 0 bridgehead atoms. The molecule has 3 nitrogen and oxygen atoms in total. The van der Waals surface area contributed by atoms with Crippen molar-refractivity contribution in [3.63, 3.8) is 0 Å². The van der Waals surface area contributed by atoms with E-state index in [-0.39, 0.29) is 12.2 Å². The minimum atomic E-state index is -0.821. The van der Waals surface area contributed by atoms with Crippen LogP contribution in [0.4, 0.5) is 0 Å². The third-order valence-electron chi connectivity index (χ3n) is 2.68. The highest BCUT2D eigenvalue weighted by Crippen LogP contribution is 2.26. The first-order chi connectivity index (χ1) is 8.58. The lowest BCUT2D eigenvalue weighted by atomic mass is 9.97. The van der Waals surface area contributed by atoms with E-state index in [2.05, 4.69) is 13.2 Å². The normalized spacial score (nSPS) is 10.0. The molecule has 0 aliphatic rings. The molecule has 0 saturated carbocycles. The van der Waals surface area contributed by atoms with E-state index in [1.54, 1.807) is 12.2 Å². The monoisotopic (exact) mass is 246 g/mol. The van der Waals surface area contributed by atoms with Gasteiger partial charge in [0.05, 0.1) is 0 Å². The number of carbonyl (C=O) groups is 1. The molecule has 0 atom stereocenters. The molecule has 0 amide bonds. The molecule has 96 valence electrons. The molecule has 0 radical (unpaired) electrons. The van der Waals surface area contributed by atoms with Crippen molar-refractivity contribution in [2.24, 2.45) is 0 Å². The van der Waals surface area contributed by atoms with E-state index in [0.717, 1.165) is 16.7 Å². The van der Waals surface area contributed by atoms with Gasteiger partial charge in [-0.25, -0.2) is 0 Å². The molecule has 0 aromatic heterocycles. The van der Waals surface area contributed by atoms with Crippen LogP contribution in [0.5, 0.6) is 5.75 Å². The summed E-state index contributed by atoms with van der Waals surface area (Å²) < 4.78 is 0. The van der Waals surface area contributed by atoms with Crippen molar-refractivity contribution in [3.05, 3.63) is 54.1 Å². The number of rotatable bonds is 7. The van der Waals surface area contributed by atoms with Gasteiger partial charge in [0.25, 0.3) is 0 Å². The van der Waals surface area contributed by atoms with Gasteiger partial charge >= 0.3 is 5.97 Å². The molecule has 0 heterocycles. The Hall–Kier alpha value is -2.03. The Kier molecular flexibility index (Phi) is 5.18. The van der Waals surface area contributed by atoms with Crippen molar-refractivity contribution >= 4 is 5.97 Å². The van der Waals surface area contributed by atoms with Crippen molar-refractivity contribution < 1.29 is 15.0 Å². The van der Waals surface area contributed by atoms with Crippen molar-refractivity contribution in [1.29, 1.82) is 0 Å². The Balaban J connectivity index is 3.06. The number of hydrogen-bond donors (Lipinski definition) is 2. The summed E-state index contributed by atoms with van der Waals surface area (Å²) in [6.45, 7) is 7.30. The van der Waals surface area contributed by atoms with Gasteiger partial charge in [0.15, 0.2) is 0 Å². The summed E-state index contributed by atoms with van der Waals surface area (Å²) >= 11 is 0. The molecule has 0 fully saturated rings. The summed E-state index contributed by atoms with van der Waals surface area (Å²) in [4.78, 5) is 10.6. The fourth-order valence-corrected chi connectivity index (χ4v) is 1.85. The van der Waals surface area contributed by atoms with Gasteiger partial charge in [0.2, 0.25) is 0 Å². The van der Waals surface area contributed by atoms with E-state index in [0.29, 0.717) is 19.3 Å². The van der Waals surface area contributed by atoms with Crippen LogP contribution in [0.3, 0.4) is 0 Å². The molecule has 0 saturated heterocycles. The number of aromatic hydroxyl groups is 1. The summed E-state index contributed by atoms with van der Waals surface area (Å²) in [7, 11) is 0. The Bertz CT molecular complexity index is 430. The average Bonchev–Trinajstić information content (AvgIpc) is 2.32. The topological polar surface area (TPSA) is 57.5 Å². The SMILES string of the molecule is C=CCc1cc(CCC(=O)O)cc(CC=C)c1O. The second kappa shape index (κ2) is 6.64. The lowest BCUT2D eigenvalue weighted by molar-refractivity contribution is -0.136. The number of aliphatic carboxylic acids is 1. The van der Waals surface area contributed by atoms with Crippen molar-refractivity contribution in [2.45, 2.75) is 25.7 Å². The lowest BCUT2D eigenvalue weighted by Crippen LogP contribution is -2.00. The van der Waals surface area contributed by atoms with Gasteiger partial charge < -0.3 is 10.2 Å². The number of benzene rings is 1. The summed E-state index contributed by atoms with van der Waals surface area (Å²) in [6.07, 6.45) is 5.12. The van der Waals surface area contributed by atoms with Crippen LogP contribution in [0, 0.1) is 0 Å². The van der Waals surface area contributed by atoms with E-state index in [1.165, 1.54) is 0 Å². The molecule has 1 aromatic rings. The van der Waals surface area contributed by atoms with Crippen LogP contribution in [0.25, 0.3) is 0 Å². The van der Waals surface area contributed by atoms with Crippen LogP contribution in [0.1, 0.15) is 23.1 Å². The highest BCUT2D eigenvalue weighted by atomic mass is 16.4. The van der Waals surface area contributed by atoms with Crippen molar-refractivity contribution in [1.82, 2.24) is 0 Å². The first-order valence-corrected chi connectivity index (χ1v) is 5.85. The van der Waals surface area contributed by atoms with Crippen LogP contribution in [-0.4, -0.2) is 16.2 Å². The first-order valence-electron chi connectivity index (χ1n) is 5.85. The maximum atomic E-state index is 10.6. The van der Waals surface area contributed by atoms with Crippen LogP contribution in [0.15, 0.2) is 37.4 Å². The number of phenolic OH excluding ortho intramolecular Hbond substituents is 1. The molecule has 1 aromatic carbocycles. The maximum absolute atomic E-state index is 10.6. The number of hydrogen-bond acceptors (Lipinski definition) is 2. The van der Waals surface area contributed by atoms with E-state index >= 15 is 0 Å². The van der Waals surface area contributed by atoms with Gasteiger partial charge in [0.1, 0.15) is 5.75 Å². The number of allylic oxidation sites excluding steroid dienone is 2. The molecule has 0 unspecified atom stereocenters. The second-order valence-corrected chi connectivity index (χ2v) is 4.14. The number of aryl methyl sites for hydroxylation is 1. The minimum absolute atomic E-state index is 0.0891. The van der Waals surface area contributed by atoms with Crippen molar-refractivity contribution in [3.8, 4) is 5.75 Å². The van der Waals surface area contributed by atoms with E-state index < -0.39 is 5.97 Å². The molecular weight excluding hydrogens is 228 g/mol. The quantitative estimate of drug-likeness (QED) is 0.727. The standard InChI is InChI=1S/C15H18O3/c1-3-5-12-9-11(7-8-14(16)17)10-13(6-4-2)15(12)18/h3-4,9-10,18H,1-2,5-8H2,(H,16,17). The molecule has 3 heteroatoms. The lowest BCUT2D eigenvalue weighted by Gasteiger charge is -2.11. The largest absolute Gasteiger partial charge is 0.507 e. The Morgan fingerprint density at radius 2 is 1.67 bits per heavy atom. The molecule has 0 aliphatic heterocycles. The Labute approximate surface area is 107 Å².